The highest BCUT2D eigenvalue weighted by Gasteiger charge is 2.31. The summed E-state index contributed by atoms with van der Waals surface area (Å²) in [6.07, 6.45) is 1.47. The number of amides is 3. The lowest BCUT2D eigenvalue weighted by atomic mass is 9.90. The number of alkyl carbamates (subject to hydrolysis) is 2. The first-order valence-corrected chi connectivity index (χ1v) is 13.1. The Bertz CT molecular complexity index is 1030. The molecule has 1 saturated carbocycles. The summed E-state index contributed by atoms with van der Waals surface area (Å²) in [7, 11) is 0. The first kappa shape index (κ1) is 28.8. The first-order chi connectivity index (χ1) is 18.2. The van der Waals surface area contributed by atoms with Gasteiger partial charge in [0.1, 0.15) is 18.8 Å². The number of nitrogens with zero attached hydrogens (tertiary/aromatic N) is 1. The number of hydrogen-bond donors (Lipinski definition) is 2. The Kier molecular flexibility index (Phi) is 10.8. The molecule has 2 atom stereocenters. The molecule has 1 aliphatic carbocycles. The van der Waals surface area contributed by atoms with Crippen molar-refractivity contribution in [2.75, 3.05) is 13.1 Å². The zero-order chi connectivity index (χ0) is 27.4. The highest BCUT2D eigenvalue weighted by atomic mass is 16.6. The van der Waals surface area contributed by atoms with E-state index in [1.165, 1.54) is 0 Å². The average Bonchev–Trinajstić information content (AvgIpc) is 2.89. The van der Waals surface area contributed by atoms with Crippen LogP contribution in [-0.2, 0) is 27.4 Å². The number of rotatable bonds is 9. The van der Waals surface area contributed by atoms with Crippen LogP contribution in [0.4, 0.5) is 14.4 Å². The zero-order valence-corrected chi connectivity index (χ0v) is 22.5. The molecule has 1 fully saturated rings. The van der Waals surface area contributed by atoms with Crippen molar-refractivity contribution in [3.05, 3.63) is 71.8 Å². The fraction of sp³-hybridized carbons (Fsp3) is 0.483. The number of benzene rings is 2. The van der Waals surface area contributed by atoms with Gasteiger partial charge in [-0.1, -0.05) is 60.7 Å². The van der Waals surface area contributed by atoms with Gasteiger partial charge in [0.05, 0.1) is 0 Å². The van der Waals surface area contributed by atoms with E-state index in [0.717, 1.165) is 30.4 Å². The lowest BCUT2D eigenvalue weighted by Gasteiger charge is -2.37. The molecule has 38 heavy (non-hydrogen) atoms. The molecule has 2 N–H and O–H groups in total. The summed E-state index contributed by atoms with van der Waals surface area (Å²) in [6, 6.07) is 18.7. The molecule has 9 heteroatoms. The van der Waals surface area contributed by atoms with Gasteiger partial charge >= 0.3 is 18.3 Å². The van der Waals surface area contributed by atoms with Crippen molar-refractivity contribution < 1.29 is 28.6 Å². The normalized spacial score (nSPS) is 17.1. The van der Waals surface area contributed by atoms with Gasteiger partial charge in [-0.2, -0.15) is 0 Å². The van der Waals surface area contributed by atoms with E-state index >= 15 is 0 Å². The van der Waals surface area contributed by atoms with Crippen LogP contribution in [-0.4, -0.2) is 54.0 Å². The molecule has 1 aliphatic rings. The van der Waals surface area contributed by atoms with Crippen molar-refractivity contribution in [3.8, 4) is 0 Å². The molecular weight excluding hydrogens is 486 g/mol. The van der Waals surface area contributed by atoms with Crippen molar-refractivity contribution >= 4 is 18.3 Å². The second-order valence-electron chi connectivity index (χ2n) is 10.4. The molecule has 206 valence electrons. The molecular formula is C29H39N3O6. The quantitative estimate of drug-likeness (QED) is 0.426. The highest BCUT2D eigenvalue weighted by Crippen LogP contribution is 2.24. The fourth-order valence-electron chi connectivity index (χ4n) is 4.33. The van der Waals surface area contributed by atoms with Crippen LogP contribution in [0, 0.1) is 0 Å². The summed E-state index contributed by atoms with van der Waals surface area (Å²) in [5, 5.41) is 5.65. The molecule has 0 heterocycles. The third-order valence-electron chi connectivity index (χ3n) is 6.08. The predicted octanol–water partition coefficient (Wildman–Crippen LogP) is 5.39. The molecule has 0 spiro atoms. The predicted molar refractivity (Wildman–Crippen MR) is 143 cm³/mol. The lowest BCUT2D eigenvalue weighted by molar-refractivity contribution is 0.0486. The van der Waals surface area contributed by atoms with Crippen LogP contribution in [0.3, 0.4) is 0 Å². The third-order valence-corrected chi connectivity index (χ3v) is 6.08. The number of carbonyl (C=O) groups is 3. The molecule has 0 aromatic heterocycles. The van der Waals surface area contributed by atoms with Crippen molar-refractivity contribution in [1.29, 1.82) is 0 Å². The Labute approximate surface area is 224 Å². The topological polar surface area (TPSA) is 106 Å². The Morgan fingerprint density at radius 1 is 0.868 bits per heavy atom. The summed E-state index contributed by atoms with van der Waals surface area (Å²) >= 11 is 0. The van der Waals surface area contributed by atoms with E-state index in [1.807, 2.05) is 60.7 Å². The molecule has 0 saturated heterocycles. The lowest BCUT2D eigenvalue weighted by Crippen LogP contribution is -2.50. The Hall–Kier alpha value is -3.75. The standard InChI is InChI=1S/C29H39N3O6/c1-29(2,3)38-26(33)30-17-18-32(28(35)37-21-23-13-8-5-9-14-23)25-16-10-15-24(19-25)31-27(34)36-20-22-11-6-4-7-12-22/h4-9,11-14,24-25H,10,15-21H2,1-3H3,(H,30,33)(H,31,34). The third kappa shape index (κ3) is 10.3. The molecule has 3 rings (SSSR count). The van der Waals surface area contributed by atoms with Crippen LogP contribution in [0.5, 0.6) is 0 Å². The summed E-state index contributed by atoms with van der Waals surface area (Å²) in [6.45, 7) is 6.18. The summed E-state index contributed by atoms with van der Waals surface area (Å²) in [5.41, 5.74) is 1.18. The average molecular weight is 526 g/mol. The Morgan fingerprint density at radius 3 is 2.08 bits per heavy atom. The Morgan fingerprint density at radius 2 is 1.47 bits per heavy atom. The van der Waals surface area contributed by atoms with Gasteiger partial charge in [-0.25, -0.2) is 14.4 Å². The van der Waals surface area contributed by atoms with Gasteiger partial charge in [0.25, 0.3) is 0 Å². The summed E-state index contributed by atoms with van der Waals surface area (Å²) in [4.78, 5) is 39.3. The number of carbonyl (C=O) groups excluding carboxylic acids is 3. The fourth-order valence-corrected chi connectivity index (χ4v) is 4.33. The highest BCUT2D eigenvalue weighted by molar-refractivity contribution is 5.69. The smallest absolute Gasteiger partial charge is 0.410 e. The maximum atomic E-state index is 13.2. The summed E-state index contributed by atoms with van der Waals surface area (Å²) < 4.78 is 16.3. The summed E-state index contributed by atoms with van der Waals surface area (Å²) in [5.74, 6) is 0. The monoisotopic (exact) mass is 525 g/mol. The van der Waals surface area contributed by atoms with Crippen molar-refractivity contribution in [2.45, 2.75) is 77.4 Å². The van der Waals surface area contributed by atoms with Gasteiger partial charge in [-0.3, -0.25) is 0 Å². The van der Waals surface area contributed by atoms with E-state index in [2.05, 4.69) is 10.6 Å². The molecule has 2 unspecified atom stereocenters. The minimum atomic E-state index is -0.615. The number of ether oxygens (including phenoxy) is 3. The van der Waals surface area contributed by atoms with Crippen molar-refractivity contribution in [3.63, 3.8) is 0 Å². The van der Waals surface area contributed by atoms with E-state index in [9.17, 15) is 14.4 Å². The Balaban J connectivity index is 1.57. The molecule has 0 bridgehead atoms. The van der Waals surface area contributed by atoms with Crippen LogP contribution >= 0.6 is 0 Å². The van der Waals surface area contributed by atoms with Crippen LogP contribution in [0.25, 0.3) is 0 Å². The molecule has 2 aromatic carbocycles. The van der Waals surface area contributed by atoms with Crippen molar-refractivity contribution in [2.24, 2.45) is 0 Å². The SMILES string of the molecule is CC(C)(C)OC(=O)NCCN(C(=O)OCc1ccccc1)C1CCCC(NC(=O)OCc2ccccc2)C1. The van der Waals surface area contributed by atoms with Gasteiger partial charge in [0.15, 0.2) is 0 Å². The first-order valence-electron chi connectivity index (χ1n) is 13.1. The van der Waals surface area contributed by atoms with E-state index in [4.69, 9.17) is 14.2 Å². The number of nitrogens with one attached hydrogen (secondary N) is 2. The van der Waals surface area contributed by atoms with Gasteiger partial charge in [-0.05, 0) is 57.6 Å². The van der Waals surface area contributed by atoms with E-state index in [0.29, 0.717) is 6.42 Å². The van der Waals surface area contributed by atoms with Crippen LogP contribution < -0.4 is 10.6 Å². The maximum absolute atomic E-state index is 13.2. The minimum Gasteiger partial charge on any atom is -0.445 e. The molecule has 0 radical (unpaired) electrons. The molecule has 2 aromatic rings. The second kappa shape index (κ2) is 14.3. The molecule has 9 nitrogen and oxygen atoms in total. The van der Waals surface area contributed by atoms with Gasteiger partial charge in [0, 0.05) is 25.2 Å². The molecule has 3 amide bonds. The second-order valence-corrected chi connectivity index (χ2v) is 10.4. The minimum absolute atomic E-state index is 0.139. The zero-order valence-electron chi connectivity index (χ0n) is 22.5. The van der Waals surface area contributed by atoms with E-state index in [1.54, 1.807) is 25.7 Å². The number of hydrogen-bond acceptors (Lipinski definition) is 6. The maximum Gasteiger partial charge on any atom is 0.410 e. The van der Waals surface area contributed by atoms with E-state index < -0.39 is 23.9 Å². The van der Waals surface area contributed by atoms with Crippen LogP contribution in [0.2, 0.25) is 0 Å². The van der Waals surface area contributed by atoms with Gasteiger partial charge in [-0.15, -0.1) is 0 Å². The van der Waals surface area contributed by atoms with Gasteiger partial charge in [0.2, 0.25) is 0 Å². The van der Waals surface area contributed by atoms with Gasteiger partial charge < -0.3 is 29.7 Å². The van der Waals surface area contributed by atoms with Crippen molar-refractivity contribution in [1.82, 2.24) is 15.5 Å². The molecule has 0 aliphatic heterocycles. The van der Waals surface area contributed by atoms with E-state index in [-0.39, 0.29) is 38.4 Å². The van der Waals surface area contributed by atoms with Crippen LogP contribution in [0.1, 0.15) is 57.6 Å². The van der Waals surface area contributed by atoms with Crippen LogP contribution in [0.15, 0.2) is 60.7 Å². The largest absolute Gasteiger partial charge is 0.445 e.